The summed E-state index contributed by atoms with van der Waals surface area (Å²) in [4.78, 5) is 31.2. The molecule has 2 aromatic rings. The van der Waals surface area contributed by atoms with Crippen LogP contribution in [0.1, 0.15) is 24.6 Å². The van der Waals surface area contributed by atoms with Crippen LogP contribution in [-0.2, 0) is 27.4 Å². The van der Waals surface area contributed by atoms with E-state index in [0.717, 1.165) is 29.1 Å². The second-order valence-corrected chi connectivity index (χ2v) is 6.95. The summed E-state index contributed by atoms with van der Waals surface area (Å²) in [5.74, 6) is 0.143. The van der Waals surface area contributed by atoms with Crippen molar-refractivity contribution in [2.24, 2.45) is 5.92 Å². The number of aromatic nitrogens is 1. The zero-order valence-corrected chi connectivity index (χ0v) is 15.8. The first-order valence-electron chi connectivity index (χ1n) is 9.53. The second kappa shape index (κ2) is 7.98. The number of hydrogen-bond donors (Lipinski definition) is 1. The van der Waals surface area contributed by atoms with Gasteiger partial charge in [-0.1, -0.05) is 0 Å². The third kappa shape index (κ3) is 3.84. The first kappa shape index (κ1) is 18.4. The molecule has 2 aliphatic heterocycles. The summed E-state index contributed by atoms with van der Waals surface area (Å²) in [7, 11) is 0. The number of carbonyl (C=O) groups is 2. The molecule has 1 fully saturated rings. The van der Waals surface area contributed by atoms with Gasteiger partial charge in [0.15, 0.2) is 0 Å². The Hall–Kier alpha value is -2.93. The second-order valence-electron chi connectivity index (χ2n) is 6.95. The molecule has 0 aliphatic carbocycles. The van der Waals surface area contributed by atoms with Gasteiger partial charge in [0, 0.05) is 36.3 Å². The minimum atomic E-state index is -0.397. The molecule has 2 amide bonds. The van der Waals surface area contributed by atoms with Gasteiger partial charge in [-0.3, -0.25) is 14.6 Å². The minimum absolute atomic E-state index is 0.0544. The zero-order valence-electron chi connectivity index (χ0n) is 15.8. The molecule has 1 aromatic carbocycles. The van der Waals surface area contributed by atoms with Crippen LogP contribution in [0.5, 0.6) is 5.75 Å². The van der Waals surface area contributed by atoms with Crippen LogP contribution in [0, 0.1) is 5.92 Å². The number of pyridine rings is 1. The molecule has 0 saturated carbocycles. The SMILES string of the molecule is CCOc1ccc(N2CC(C(=O)Nc3cnc4c(c3)COCC4)CC2=O)cc1. The number of hydrogen-bond acceptors (Lipinski definition) is 5. The Morgan fingerprint density at radius 1 is 1.36 bits per heavy atom. The van der Waals surface area contributed by atoms with Gasteiger partial charge in [-0.25, -0.2) is 0 Å². The van der Waals surface area contributed by atoms with Crippen LogP contribution in [0.4, 0.5) is 11.4 Å². The number of amides is 2. The number of nitrogens with zero attached hydrogens (tertiary/aromatic N) is 2. The molecule has 4 rings (SSSR count). The van der Waals surface area contributed by atoms with Gasteiger partial charge in [0.05, 0.1) is 37.6 Å². The first-order chi connectivity index (χ1) is 13.6. The van der Waals surface area contributed by atoms with E-state index < -0.39 is 5.92 Å². The number of carbonyl (C=O) groups excluding carboxylic acids is 2. The maximum Gasteiger partial charge on any atom is 0.229 e. The summed E-state index contributed by atoms with van der Waals surface area (Å²) in [6.07, 6.45) is 2.65. The third-order valence-corrected chi connectivity index (χ3v) is 5.02. The van der Waals surface area contributed by atoms with Crippen LogP contribution in [0.3, 0.4) is 0 Å². The maximum absolute atomic E-state index is 12.7. The zero-order chi connectivity index (χ0) is 19.5. The van der Waals surface area contributed by atoms with Crippen molar-refractivity contribution in [3.8, 4) is 5.75 Å². The fourth-order valence-electron chi connectivity index (χ4n) is 3.57. The first-order valence-corrected chi connectivity index (χ1v) is 9.53. The minimum Gasteiger partial charge on any atom is -0.494 e. The normalized spacial score (nSPS) is 18.7. The maximum atomic E-state index is 12.7. The van der Waals surface area contributed by atoms with Crippen molar-refractivity contribution < 1.29 is 19.1 Å². The lowest BCUT2D eigenvalue weighted by Crippen LogP contribution is -2.28. The highest BCUT2D eigenvalue weighted by atomic mass is 16.5. The predicted octanol–water partition coefficient (Wildman–Crippen LogP) is 2.54. The van der Waals surface area contributed by atoms with E-state index in [1.807, 2.05) is 37.3 Å². The van der Waals surface area contributed by atoms with E-state index in [0.29, 0.717) is 32.1 Å². The van der Waals surface area contributed by atoms with Crippen molar-refractivity contribution in [2.45, 2.75) is 26.4 Å². The Labute approximate surface area is 163 Å². The van der Waals surface area contributed by atoms with Gasteiger partial charge in [0.25, 0.3) is 0 Å². The summed E-state index contributed by atoms with van der Waals surface area (Å²) in [5, 5.41) is 2.90. The van der Waals surface area contributed by atoms with Crippen LogP contribution in [0.25, 0.3) is 0 Å². The van der Waals surface area contributed by atoms with Gasteiger partial charge >= 0.3 is 0 Å². The highest BCUT2D eigenvalue weighted by molar-refractivity contribution is 6.03. The molecule has 146 valence electrons. The summed E-state index contributed by atoms with van der Waals surface area (Å²) >= 11 is 0. The number of nitrogens with one attached hydrogen (secondary N) is 1. The lowest BCUT2D eigenvalue weighted by molar-refractivity contribution is -0.122. The molecule has 0 spiro atoms. The third-order valence-electron chi connectivity index (χ3n) is 5.02. The van der Waals surface area contributed by atoms with Crippen LogP contribution >= 0.6 is 0 Å². The Balaban J connectivity index is 1.41. The average Bonchev–Trinajstić information content (AvgIpc) is 3.11. The summed E-state index contributed by atoms with van der Waals surface area (Å²) in [6.45, 7) is 4.07. The Morgan fingerprint density at radius 3 is 2.96 bits per heavy atom. The van der Waals surface area contributed by atoms with Gasteiger partial charge < -0.3 is 19.7 Å². The molecular formula is C21H23N3O4. The standard InChI is InChI=1S/C21H23N3O4/c1-2-28-18-5-3-17(4-6-18)24-12-14(10-20(24)25)21(26)23-16-9-15-13-27-8-7-19(15)22-11-16/h3-6,9,11,14H,2,7-8,10,12-13H2,1H3,(H,23,26). The van der Waals surface area contributed by atoms with Crippen molar-refractivity contribution in [1.82, 2.24) is 4.98 Å². The number of anilines is 2. The molecule has 0 radical (unpaired) electrons. The molecule has 1 N–H and O–H groups in total. The molecule has 1 aromatic heterocycles. The fraction of sp³-hybridized carbons (Fsp3) is 0.381. The summed E-state index contributed by atoms with van der Waals surface area (Å²) < 4.78 is 10.9. The van der Waals surface area contributed by atoms with Crippen molar-refractivity contribution in [3.63, 3.8) is 0 Å². The van der Waals surface area contributed by atoms with Crippen molar-refractivity contribution in [2.75, 3.05) is 30.0 Å². The molecule has 1 atom stereocenters. The summed E-state index contributed by atoms with van der Waals surface area (Å²) in [6, 6.07) is 9.26. The van der Waals surface area contributed by atoms with E-state index in [2.05, 4.69) is 10.3 Å². The van der Waals surface area contributed by atoms with E-state index in [1.165, 1.54) is 0 Å². The molecule has 28 heavy (non-hydrogen) atoms. The number of ether oxygens (including phenoxy) is 2. The summed E-state index contributed by atoms with van der Waals surface area (Å²) in [5.41, 5.74) is 3.43. The van der Waals surface area contributed by atoms with Crippen molar-refractivity contribution >= 4 is 23.2 Å². The molecule has 1 unspecified atom stereocenters. The number of fused-ring (bicyclic) bond motifs is 1. The van der Waals surface area contributed by atoms with E-state index >= 15 is 0 Å². The van der Waals surface area contributed by atoms with Crippen LogP contribution < -0.4 is 15.0 Å². The molecule has 7 nitrogen and oxygen atoms in total. The topological polar surface area (TPSA) is 80.8 Å². The van der Waals surface area contributed by atoms with E-state index in [9.17, 15) is 9.59 Å². The highest BCUT2D eigenvalue weighted by Crippen LogP contribution is 2.28. The number of benzene rings is 1. The Bertz CT molecular complexity index is 882. The van der Waals surface area contributed by atoms with Gasteiger partial charge in [0.1, 0.15) is 5.75 Å². The largest absolute Gasteiger partial charge is 0.494 e. The van der Waals surface area contributed by atoms with E-state index in [4.69, 9.17) is 9.47 Å². The van der Waals surface area contributed by atoms with Gasteiger partial charge in [-0.05, 0) is 37.3 Å². The smallest absolute Gasteiger partial charge is 0.229 e. The van der Waals surface area contributed by atoms with Crippen LogP contribution in [-0.4, -0.2) is 36.6 Å². The lowest BCUT2D eigenvalue weighted by atomic mass is 10.1. The van der Waals surface area contributed by atoms with Crippen molar-refractivity contribution in [1.29, 1.82) is 0 Å². The quantitative estimate of drug-likeness (QED) is 0.861. The van der Waals surface area contributed by atoms with E-state index in [-0.39, 0.29) is 18.2 Å². The van der Waals surface area contributed by atoms with Crippen LogP contribution in [0.15, 0.2) is 36.5 Å². The Kier molecular flexibility index (Phi) is 5.25. The molecule has 0 bridgehead atoms. The number of rotatable bonds is 5. The molecule has 7 heteroatoms. The lowest BCUT2D eigenvalue weighted by Gasteiger charge is -2.18. The molecule has 3 heterocycles. The molecular weight excluding hydrogens is 358 g/mol. The molecule has 1 saturated heterocycles. The molecule has 2 aliphatic rings. The van der Waals surface area contributed by atoms with Crippen LogP contribution in [0.2, 0.25) is 0 Å². The van der Waals surface area contributed by atoms with Gasteiger partial charge in [-0.2, -0.15) is 0 Å². The van der Waals surface area contributed by atoms with Crippen molar-refractivity contribution in [3.05, 3.63) is 47.8 Å². The average molecular weight is 381 g/mol. The van der Waals surface area contributed by atoms with Gasteiger partial charge in [0.2, 0.25) is 11.8 Å². The monoisotopic (exact) mass is 381 g/mol. The fourth-order valence-corrected chi connectivity index (χ4v) is 3.57. The highest BCUT2D eigenvalue weighted by Gasteiger charge is 2.35. The van der Waals surface area contributed by atoms with Gasteiger partial charge in [-0.15, -0.1) is 0 Å². The van der Waals surface area contributed by atoms with E-state index in [1.54, 1.807) is 11.1 Å². The Morgan fingerprint density at radius 2 is 2.18 bits per heavy atom. The predicted molar refractivity (Wildman–Crippen MR) is 104 cm³/mol.